The van der Waals surface area contributed by atoms with Gasteiger partial charge >= 0.3 is 0 Å². The molecule has 0 saturated carbocycles. The zero-order valence-electron chi connectivity index (χ0n) is 19.0. The molecule has 1 atom stereocenters. The molecule has 1 amide bonds. The third kappa shape index (κ3) is 5.31. The zero-order valence-corrected chi connectivity index (χ0v) is 19.0. The summed E-state index contributed by atoms with van der Waals surface area (Å²) in [6, 6.07) is 14.5. The van der Waals surface area contributed by atoms with E-state index in [1.165, 1.54) is 11.1 Å². The second-order valence-electron chi connectivity index (χ2n) is 8.36. The molecule has 2 aromatic rings. The number of benzene rings is 2. The number of methoxy groups -OCH3 is 1. The van der Waals surface area contributed by atoms with Gasteiger partial charge in [-0.1, -0.05) is 43.3 Å². The predicted octanol–water partition coefficient (Wildman–Crippen LogP) is 3.31. The van der Waals surface area contributed by atoms with Gasteiger partial charge in [0, 0.05) is 50.4 Å². The van der Waals surface area contributed by atoms with E-state index in [0.717, 1.165) is 62.8 Å². The van der Waals surface area contributed by atoms with Crippen molar-refractivity contribution in [3.8, 4) is 11.5 Å². The molecular weight excluding hydrogens is 402 g/mol. The number of nitrogens with zero attached hydrogens (tertiary/aromatic N) is 2. The molecule has 2 aromatic carbocycles. The second-order valence-corrected chi connectivity index (χ2v) is 8.36. The van der Waals surface area contributed by atoms with Crippen LogP contribution in [0.5, 0.6) is 11.5 Å². The minimum atomic E-state index is -0.0459. The second kappa shape index (κ2) is 10.7. The van der Waals surface area contributed by atoms with Gasteiger partial charge in [-0.3, -0.25) is 14.6 Å². The molecule has 1 saturated heterocycles. The maximum atomic E-state index is 12.2. The topological polar surface area (TPSA) is 54.0 Å². The molecule has 0 spiro atoms. The Morgan fingerprint density at radius 1 is 1.22 bits per heavy atom. The van der Waals surface area contributed by atoms with Gasteiger partial charge in [0.05, 0.1) is 13.2 Å². The molecule has 0 radical (unpaired) electrons. The van der Waals surface area contributed by atoms with Crippen molar-refractivity contribution < 1.29 is 14.3 Å². The van der Waals surface area contributed by atoms with E-state index in [0.29, 0.717) is 6.61 Å². The number of nitrogens with one attached hydrogen (secondary N) is 1. The van der Waals surface area contributed by atoms with Gasteiger partial charge < -0.3 is 14.8 Å². The minimum absolute atomic E-state index is 0.0459. The summed E-state index contributed by atoms with van der Waals surface area (Å²) in [7, 11) is 1.70. The summed E-state index contributed by atoms with van der Waals surface area (Å²) in [5, 5.41) is 2.98. The van der Waals surface area contributed by atoms with Crippen LogP contribution in [0.3, 0.4) is 0 Å². The number of rotatable bonds is 7. The number of para-hydroxylation sites is 1. The van der Waals surface area contributed by atoms with Crippen LogP contribution in [0.25, 0.3) is 6.08 Å². The molecule has 170 valence electrons. The molecule has 32 heavy (non-hydrogen) atoms. The molecular formula is C26H33N3O3. The maximum Gasteiger partial charge on any atom is 0.237 e. The normalized spacial score (nSPS) is 19.8. The molecule has 2 aliphatic rings. The van der Waals surface area contributed by atoms with E-state index in [1.807, 2.05) is 18.2 Å². The monoisotopic (exact) mass is 435 g/mol. The van der Waals surface area contributed by atoms with Crippen LogP contribution in [-0.2, 0) is 17.9 Å². The van der Waals surface area contributed by atoms with Crippen LogP contribution in [0.2, 0.25) is 0 Å². The fraction of sp³-hybridized carbons (Fsp3) is 0.423. The van der Waals surface area contributed by atoms with Crippen molar-refractivity contribution >= 4 is 12.0 Å². The molecule has 0 unspecified atom stereocenters. The lowest BCUT2D eigenvalue weighted by Crippen LogP contribution is -2.54. The Labute approximate surface area is 190 Å². The van der Waals surface area contributed by atoms with Crippen LogP contribution < -0.4 is 14.8 Å². The fourth-order valence-electron chi connectivity index (χ4n) is 4.52. The molecule has 0 bridgehead atoms. The van der Waals surface area contributed by atoms with Gasteiger partial charge in [-0.15, -0.1) is 0 Å². The summed E-state index contributed by atoms with van der Waals surface area (Å²) < 4.78 is 11.5. The first-order valence-electron chi connectivity index (χ1n) is 11.5. The SMILES string of the molecule is CC[C@H]1C(=O)NCCN1Cc1ccc2c(c1)CN(C/C=C/c1ccccc1OC)CCO2. The Hall–Kier alpha value is -2.83. The van der Waals surface area contributed by atoms with Gasteiger partial charge in [0.25, 0.3) is 0 Å². The van der Waals surface area contributed by atoms with Gasteiger partial charge in [0.2, 0.25) is 5.91 Å². The number of carbonyl (C=O) groups excluding carboxylic acids is 1. The molecule has 0 aliphatic carbocycles. The van der Waals surface area contributed by atoms with Crippen LogP contribution in [0.1, 0.15) is 30.0 Å². The lowest BCUT2D eigenvalue weighted by Gasteiger charge is -2.34. The van der Waals surface area contributed by atoms with E-state index in [-0.39, 0.29) is 11.9 Å². The highest BCUT2D eigenvalue weighted by atomic mass is 16.5. The highest BCUT2D eigenvalue weighted by molar-refractivity contribution is 5.82. The lowest BCUT2D eigenvalue weighted by molar-refractivity contribution is -0.129. The average molecular weight is 436 g/mol. The Morgan fingerprint density at radius 3 is 2.94 bits per heavy atom. The molecule has 6 nitrogen and oxygen atoms in total. The molecule has 1 fully saturated rings. The van der Waals surface area contributed by atoms with Crippen LogP contribution in [0.15, 0.2) is 48.5 Å². The first-order chi connectivity index (χ1) is 15.7. The number of fused-ring (bicyclic) bond motifs is 1. The summed E-state index contributed by atoms with van der Waals surface area (Å²) >= 11 is 0. The summed E-state index contributed by atoms with van der Waals surface area (Å²) in [5.41, 5.74) is 3.52. The Morgan fingerprint density at radius 2 is 2.09 bits per heavy atom. The van der Waals surface area contributed by atoms with Crippen molar-refractivity contribution in [3.63, 3.8) is 0 Å². The first kappa shape index (κ1) is 22.4. The lowest BCUT2D eigenvalue weighted by atomic mass is 10.1. The van der Waals surface area contributed by atoms with E-state index in [4.69, 9.17) is 9.47 Å². The van der Waals surface area contributed by atoms with E-state index >= 15 is 0 Å². The molecule has 2 heterocycles. The van der Waals surface area contributed by atoms with Crippen LogP contribution in [0, 0.1) is 0 Å². The number of amides is 1. The van der Waals surface area contributed by atoms with Crippen LogP contribution in [-0.4, -0.2) is 61.6 Å². The fourth-order valence-corrected chi connectivity index (χ4v) is 4.52. The van der Waals surface area contributed by atoms with E-state index in [9.17, 15) is 4.79 Å². The largest absolute Gasteiger partial charge is 0.496 e. The van der Waals surface area contributed by atoms with E-state index in [2.05, 4.69) is 58.5 Å². The number of ether oxygens (including phenoxy) is 2. The molecule has 4 rings (SSSR count). The quantitative estimate of drug-likeness (QED) is 0.723. The van der Waals surface area contributed by atoms with Crippen molar-refractivity contribution in [1.82, 2.24) is 15.1 Å². The van der Waals surface area contributed by atoms with Crippen molar-refractivity contribution in [3.05, 3.63) is 65.2 Å². The van der Waals surface area contributed by atoms with Crippen molar-refractivity contribution in [1.29, 1.82) is 0 Å². The standard InChI is InChI=1S/C26H33N3O3/c1-3-23-26(30)27-12-14-29(23)18-20-10-11-25-22(17-20)19-28(15-16-32-25)13-6-8-21-7-4-5-9-24(21)31-2/h4-11,17,23H,3,12-16,18-19H2,1-2H3,(H,27,30)/b8-6+/t23-/m0/s1. The third-order valence-corrected chi connectivity index (χ3v) is 6.20. The number of hydrogen-bond acceptors (Lipinski definition) is 5. The van der Waals surface area contributed by atoms with Crippen molar-refractivity contribution in [2.45, 2.75) is 32.5 Å². The van der Waals surface area contributed by atoms with Crippen LogP contribution in [0.4, 0.5) is 0 Å². The Bertz CT molecular complexity index is 959. The predicted molar refractivity (Wildman–Crippen MR) is 127 cm³/mol. The number of carbonyl (C=O) groups is 1. The maximum absolute atomic E-state index is 12.2. The number of piperazine rings is 1. The Balaban J connectivity index is 1.43. The summed E-state index contributed by atoms with van der Waals surface area (Å²) in [4.78, 5) is 16.9. The van der Waals surface area contributed by atoms with Crippen molar-refractivity contribution in [2.75, 3.05) is 39.9 Å². The summed E-state index contributed by atoms with van der Waals surface area (Å²) in [6.45, 7) is 7.71. The Kier molecular flexibility index (Phi) is 7.45. The summed E-state index contributed by atoms with van der Waals surface area (Å²) in [5.74, 6) is 1.99. The smallest absolute Gasteiger partial charge is 0.237 e. The van der Waals surface area contributed by atoms with Gasteiger partial charge in [0.15, 0.2) is 0 Å². The van der Waals surface area contributed by atoms with Gasteiger partial charge in [-0.2, -0.15) is 0 Å². The molecule has 2 aliphatic heterocycles. The highest BCUT2D eigenvalue weighted by Gasteiger charge is 2.28. The van der Waals surface area contributed by atoms with Crippen molar-refractivity contribution in [2.24, 2.45) is 0 Å². The van der Waals surface area contributed by atoms with Gasteiger partial charge in [0.1, 0.15) is 18.1 Å². The average Bonchev–Trinajstić information content (AvgIpc) is 3.01. The molecule has 1 N–H and O–H groups in total. The van der Waals surface area contributed by atoms with E-state index < -0.39 is 0 Å². The van der Waals surface area contributed by atoms with Crippen LogP contribution >= 0.6 is 0 Å². The minimum Gasteiger partial charge on any atom is -0.496 e. The van der Waals surface area contributed by atoms with Gasteiger partial charge in [-0.05, 0) is 30.2 Å². The van der Waals surface area contributed by atoms with Gasteiger partial charge in [-0.25, -0.2) is 0 Å². The number of hydrogen-bond donors (Lipinski definition) is 1. The molecule has 0 aromatic heterocycles. The molecule has 6 heteroatoms. The highest BCUT2D eigenvalue weighted by Crippen LogP contribution is 2.26. The third-order valence-electron chi connectivity index (χ3n) is 6.20. The van der Waals surface area contributed by atoms with E-state index in [1.54, 1.807) is 7.11 Å². The first-order valence-corrected chi connectivity index (χ1v) is 11.5. The summed E-state index contributed by atoms with van der Waals surface area (Å²) in [6.07, 6.45) is 5.13. The zero-order chi connectivity index (χ0) is 22.3.